The molecule has 1 heterocycles. The van der Waals surface area contributed by atoms with Crippen LogP contribution < -0.4 is 5.32 Å². The van der Waals surface area contributed by atoms with Crippen LogP contribution in [0.4, 0.5) is 0 Å². The van der Waals surface area contributed by atoms with Gasteiger partial charge in [-0.3, -0.25) is 9.59 Å². The number of rotatable bonds is 5. The monoisotopic (exact) mass is 270 g/mol. The van der Waals surface area contributed by atoms with Crippen LogP contribution in [0.1, 0.15) is 25.7 Å². The van der Waals surface area contributed by atoms with Gasteiger partial charge in [-0.05, 0) is 25.7 Å². The van der Waals surface area contributed by atoms with Crippen LogP contribution in [0, 0.1) is 5.92 Å². The van der Waals surface area contributed by atoms with Gasteiger partial charge in [0.15, 0.2) is 0 Å². The lowest BCUT2D eigenvalue weighted by atomic mass is 9.89. The highest BCUT2D eigenvalue weighted by molar-refractivity contribution is 5.79. The molecule has 1 amide bonds. The van der Waals surface area contributed by atoms with E-state index in [0.29, 0.717) is 44.6 Å². The van der Waals surface area contributed by atoms with Crippen LogP contribution in [-0.4, -0.2) is 60.8 Å². The number of amides is 1. The molecule has 0 unspecified atom stereocenters. The van der Waals surface area contributed by atoms with E-state index >= 15 is 0 Å². The van der Waals surface area contributed by atoms with Gasteiger partial charge in [0.1, 0.15) is 0 Å². The first-order valence-electron chi connectivity index (χ1n) is 6.87. The summed E-state index contributed by atoms with van der Waals surface area (Å²) in [6.07, 6.45) is 3.39. The second-order valence-corrected chi connectivity index (χ2v) is 5.40. The van der Waals surface area contributed by atoms with Crippen LogP contribution >= 0.6 is 0 Å². The maximum atomic E-state index is 12.0. The molecule has 2 fully saturated rings. The van der Waals surface area contributed by atoms with Gasteiger partial charge in [0.25, 0.3) is 0 Å². The molecular weight excluding hydrogens is 248 g/mol. The highest BCUT2D eigenvalue weighted by Crippen LogP contribution is 2.22. The summed E-state index contributed by atoms with van der Waals surface area (Å²) in [5, 5.41) is 12.1. The number of nitrogens with one attached hydrogen (secondary N) is 1. The van der Waals surface area contributed by atoms with Crippen molar-refractivity contribution >= 4 is 11.9 Å². The fraction of sp³-hybridized carbons (Fsp3) is 0.846. The fourth-order valence-corrected chi connectivity index (χ4v) is 2.64. The lowest BCUT2D eigenvalue weighted by Crippen LogP contribution is -2.50. The molecule has 6 heteroatoms. The highest BCUT2D eigenvalue weighted by atomic mass is 16.5. The summed E-state index contributed by atoms with van der Waals surface area (Å²) in [4.78, 5) is 24.5. The molecule has 1 saturated heterocycles. The number of aliphatic carboxylic acids is 1. The average molecular weight is 270 g/mol. The molecule has 0 spiro atoms. The second kappa shape index (κ2) is 6.34. The fourth-order valence-electron chi connectivity index (χ4n) is 2.64. The van der Waals surface area contributed by atoms with Gasteiger partial charge in [-0.15, -0.1) is 0 Å². The number of carbonyl (C=O) groups excluding carboxylic acids is 1. The summed E-state index contributed by atoms with van der Waals surface area (Å²) >= 11 is 0. The summed E-state index contributed by atoms with van der Waals surface area (Å²) in [6.45, 7) is 1.46. The van der Waals surface area contributed by atoms with Crippen LogP contribution in [0.15, 0.2) is 0 Å². The number of nitrogens with zero attached hydrogens (tertiary/aromatic N) is 1. The second-order valence-electron chi connectivity index (χ2n) is 5.40. The summed E-state index contributed by atoms with van der Waals surface area (Å²) in [6, 6.07) is 0.380. The predicted molar refractivity (Wildman–Crippen MR) is 68.8 cm³/mol. The van der Waals surface area contributed by atoms with E-state index < -0.39 is 5.97 Å². The van der Waals surface area contributed by atoms with Crippen molar-refractivity contribution in [3.05, 3.63) is 0 Å². The van der Waals surface area contributed by atoms with Crippen molar-refractivity contribution in [1.82, 2.24) is 10.2 Å². The smallest absolute Gasteiger partial charge is 0.306 e. The lowest BCUT2D eigenvalue weighted by molar-refractivity contribution is -0.145. The van der Waals surface area contributed by atoms with Gasteiger partial charge in [0, 0.05) is 26.2 Å². The molecule has 1 saturated carbocycles. The molecular formula is C13H22N2O4. The van der Waals surface area contributed by atoms with E-state index in [1.54, 1.807) is 12.0 Å². The van der Waals surface area contributed by atoms with Crippen molar-refractivity contribution < 1.29 is 19.4 Å². The molecule has 2 aliphatic rings. The Morgan fingerprint density at radius 1 is 1.32 bits per heavy atom. The number of carboxylic acid groups (broad SMARTS) is 1. The zero-order chi connectivity index (χ0) is 13.8. The first-order valence-corrected chi connectivity index (χ1v) is 6.87. The molecule has 108 valence electrons. The highest BCUT2D eigenvalue weighted by Gasteiger charge is 2.30. The summed E-state index contributed by atoms with van der Waals surface area (Å²) < 4.78 is 5.18. The lowest BCUT2D eigenvalue weighted by Gasteiger charge is -2.36. The van der Waals surface area contributed by atoms with E-state index in [1.165, 1.54) is 0 Å². The summed E-state index contributed by atoms with van der Waals surface area (Å²) in [7, 11) is 1.71. The van der Waals surface area contributed by atoms with E-state index in [2.05, 4.69) is 5.32 Å². The molecule has 0 aromatic heterocycles. The van der Waals surface area contributed by atoms with Crippen molar-refractivity contribution in [3.8, 4) is 0 Å². The zero-order valence-corrected chi connectivity index (χ0v) is 11.3. The predicted octanol–water partition coefficient (Wildman–Crippen LogP) is 0.0766. The van der Waals surface area contributed by atoms with E-state index in [9.17, 15) is 9.59 Å². The van der Waals surface area contributed by atoms with Crippen molar-refractivity contribution in [1.29, 1.82) is 0 Å². The van der Waals surface area contributed by atoms with Crippen molar-refractivity contribution in [2.24, 2.45) is 5.92 Å². The van der Waals surface area contributed by atoms with Crippen LogP contribution in [0.25, 0.3) is 0 Å². The first-order chi connectivity index (χ1) is 9.10. The third kappa shape index (κ3) is 3.67. The molecule has 1 aliphatic heterocycles. The molecule has 19 heavy (non-hydrogen) atoms. The Morgan fingerprint density at radius 3 is 2.47 bits per heavy atom. The van der Waals surface area contributed by atoms with Crippen molar-refractivity contribution in [2.45, 2.75) is 37.8 Å². The molecule has 2 rings (SSSR count). The molecule has 0 aromatic carbocycles. The van der Waals surface area contributed by atoms with E-state index in [1.807, 2.05) is 0 Å². The van der Waals surface area contributed by atoms with Gasteiger partial charge in [0.2, 0.25) is 5.91 Å². The normalized spacial score (nSPS) is 27.9. The number of hydrogen-bond acceptors (Lipinski definition) is 4. The van der Waals surface area contributed by atoms with Crippen LogP contribution in [0.3, 0.4) is 0 Å². The van der Waals surface area contributed by atoms with E-state index in [4.69, 9.17) is 9.84 Å². The summed E-state index contributed by atoms with van der Waals surface area (Å²) in [5.41, 5.74) is 0. The Hall–Kier alpha value is -1.14. The topological polar surface area (TPSA) is 78.9 Å². The third-order valence-corrected chi connectivity index (χ3v) is 4.17. The quantitative estimate of drug-likeness (QED) is 0.739. The molecule has 6 nitrogen and oxygen atoms in total. The maximum absolute atomic E-state index is 12.0. The van der Waals surface area contributed by atoms with E-state index in [0.717, 1.165) is 12.8 Å². The number of carbonyl (C=O) groups is 2. The molecule has 1 aliphatic carbocycles. The summed E-state index contributed by atoms with van der Waals surface area (Å²) in [5.74, 6) is -0.957. The number of ether oxygens (including phenoxy) is 1. The minimum absolute atomic E-state index is 0.0738. The van der Waals surface area contributed by atoms with Crippen LogP contribution in [0.2, 0.25) is 0 Å². The SMILES string of the molecule is COC1CC(NCC(=O)N2CCC(C(=O)O)CC2)C1. The Bertz CT molecular complexity index is 334. The molecule has 2 N–H and O–H groups in total. The van der Waals surface area contributed by atoms with Gasteiger partial charge in [-0.1, -0.05) is 0 Å². The Balaban J connectivity index is 1.63. The first kappa shape index (κ1) is 14.3. The largest absolute Gasteiger partial charge is 0.481 e. The standard InChI is InChI=1S/C13H22N2O4/c1-19-11-6-10(7-11)14-8-12(16)15-4-2-9(3-5-15)13(17)18/h9-11,14H,2-8H2,1H3,(H,17,18). The van der Waals surface area contributed by atoms with Gasteiger partial charge < -0.3 is 20.1 Å². The minimum atomic E-state index is -0.745. The number of piperidine rings is 1. The number of hydrogen-bond donors (Lipinski definition) is 2. The Kier molecular flexibility index (Phi) is 4.76. The zero-order valence-electron chi connectivity index (χ0n) is 11.3. The number of methoxy groups -OCH3 is 1. The average Bonchev–Trinajstić information content (AvgIpc) is 2.37. The van der Waals surface area contributed by atoms with Crippen molar-refractivity contribution in [2.75, 3.05) is 26.7 Å². The Labute approximate surface area is 113 Å². The molecule has 0 radical (unpaired) electrons. The van der Waals surface area contributed by atoms with Gasteiger partial charge in [-0.25, -0.2) is 0 Å². The van der Waals surface area contributed by atoms with Gasteiger partial charge in [-0.2, -0.15) is 0 Å². The maximum Gasteiger partial charge on any atom is 0.306 e. The molecule has 0 aromatic rings. The van der Waals surface area contributed by atoms with Crippen molar-refractivity contribution in [3.63, 3.8) is 0 Å². The van der Waals surface area contributed by atoms with Gasteiger partial charge >= 0.3 is 5.97 Å². The van der Waals surface area contributed by atoms with Crippen LogP contribution in [-0.2, 0) is 14.3 Å². The number of carboxylic acids is 1. The minimum Gasteiger partial charge on any atom is -0.481 e. The molecule has 0 bridgehead atoms. The third-order valence-electron chi connectivity index (χ3n) is 4.17. The van der Waals surface area contributed by atoms with E-state index in [-0.39, 0.29) is 11.8 Å². The molecule has 0 atom stereocenters. The van der Waals surface area contributed by atoms with Crippen LogP contribution in [0.5, 0.6) is 0 Å². The Morgan fingerprint density at radius 2 is 1.95 bits per heavy atom. The number of likely N-dealkylation sites (tertiary alicyclic amines) is 1. The van der Waals surface area contributed by atoms with Gasteiger partial charge in [0.05, 0.1) is 18.6 Å².